The van der Waals surface area contributed by atoms with Crippen molar-refractivity contribution in [1.82, 2.24) is 4.90 Å². The van der Waals surface area contributed by atoms with Gasteiger partial charge in [-0.05, 0) is 34.9 Å². The molecule has 3 rings (SSSR count). The number of amidine groups is 1. The highest BCUT2D eigenvalue weighted by molar-refractivity contribution is 5.97. The van der Waals surface area contributed by atoms with Crippen molar-refractivity contribution in [3.63, 3.8) is 0 Å². The fourth-order valence-electron chi connectivity index (χ4n) is 2.72. The van der Waals surface area contributed by atoms with Gasteiger partial charge in [0.1, 0.15) is 5.82 Å². The molecular weight excluding hydrogens is 269 g/mol. The first-order valence-corrected chi connectivity index (χ1v) is 6.72. The Morgan fingerprint density at radius 3 is 2.48 bits per heavy atom. The van der Waals surface area contributed by atoms with Gasteiger partial charge >= 0.3 is 0 Å². The summed E-state index contributed by atoms with van der Waals surface area (Å²) in [6.07, 6.45) is 0. The number of nitrogens with zero attached hydrogens (tertiary/aromatic N) is 2. The summed E-state index contributed by atoms with van der Waals surface area (Å²) in [5.74, 6) is -0.466. The van der Waals surface area contributed by atoms with E-state index in [1.165, 1.54) is 23.3 Å². The molecule has 0 saturated carbocycles. The van der Waals surface area contributed by atoms with Crippen molar-refractivity contribution < 1.29 is 9.60 Å². The van der Waals surface area contributed by atoms with E-state index in [0.29, 0.717) is 12.1 Å². The minimum atomic E-state index is -0.384. The highest BCUT2D eigenvalue weighted by Gasteiger charge is 2.18. The summed E-state index contributed by atoms with van der Waals surface area (Å²) in [6.45, 7) is 2.33. The first-order chi connectivity index (χ1) is 10.2. The molecule has 0 bridgehead atoms. The maximum atomic E-state index is 13.7. The zero-order valence-electron chi connectivity index (χ0n) is 11.5. The predicted molar refractivity (Wildman–Crippen MR) is 78.3 cm³/mol. The molecule has 0 spiro atoms. The van der Waals surface area contributed by atoms with Crippen LogP contribution in [0.5, 0.6) is 0 Å². The van der Waals surface area contributed by atoms with Crippen LogP contribution in [-0.4, -0.2) is 15.9 Å². The Hall–Kier alpha value is -2.40. The van der Waals surface area contributed by atoms with Crippen LogP contribution in [0.1, 0.15) is 22.3 Å². The maximum absolute atomic E-state index is 13.7. The Kier molecular flexibility index (Phi) is 3.58. The van der Waals surface area contributed by atoms with Crippen LogP contribution < -0.4 is 5.73 Å². The molecule has 1 heterocycles. The molecule has 21 heavy (non-hydrogen) atoms. The van der Waals surface area contributed by atoms with Crippen LogP contribution in [0.3, 0.4) is 0 Å². The molecule has 2 aromatic rings. The van der Waals surface area contributed by atoms with Crippen molar-refractivity contribution in [1.29, 1.82) is 0 Å². The number of halogens is 1. The van der Waals surface area contributed by atoms with Gasteiger partial charge in [-0.15, -0.1) is 0 Å². The molecule has 108 valence electrons. The fourth-order valence-corrected chi connectivity index (χ4v) is 2.72. The summed E-state index contributed by atoms with van der Waals surface area (Å²) in [7, 11) is 0. The lowest BCUT2D eigenvalue weighted by Gasteiger charge is -2.15. The largest absolute Gasteiger partial charge is 0.409 e. The van der Waals surface area contributed by atoms with Crippen LogP contribution in [0, 0.1) is 5.82 Å². The van der Waals surface area contributed by atoms with Crippen molar-refractivity contribution in [2.75, 3.05) is 0 Å². The number of hydrogen-bond acceptors (Lipinski definition) is 3. The first-order valence-electron chi connectivity index (χ1n) is 6.72. The van der Waals surface area contributed by atoms with Gasteiger partial charge in [-0.3, -0.25) is 4.90 Å². The standard InChI is InChI=1S/C16H16FN3O/c17-15-6-11(5-14(7-15)16(18)19-21)8-20-9-12-3-1-2-4-13(12)10-20/h1-7,21H,8-10H2,(H2,18,19). The summed E-state index contributed by atoms with van der Waals surface area (Å²) in [5.41, 5.74) is 9.35. The molecule has 0 unspecified atom stereocenters. The van der Waals surface area contributed by atoms with Gasteiger partial charge in [-0.1, -0.05) is 29.4 Å². The van der Waals surface area contributed by atoms with Crippen molar-refractivity contribution in [2.45, 2.75) is 19.6 Å². The van der Waals surface area contributed by atoms with E-state index in [1.807, 2.05) is 12.1 Å². The van der Waals surface area contributed by atoms with Gasteiger partial charge in [0.2, 0.25) is 0 Å². The highest BCUT2D eigenvalue weighted by atomic mass is 19.1. The van der Waals surface area contributed by atoms with Gasteiger partial charge in [-0.2, -0.15) is 0 Å². The number of nitrogens with two attached hydrogens (primary N) is 1. The molecule has 0 saturated heterocycles. The molecule has 2 aromatic carbocycles. The quantitative estimate of drug-likeness (QED) is 0.394. The van der Waals surface area contributed by atoms with E-state index in [9.17, 15) is 4.39 Å². The van der Waals surface area contributed by atoms with Crippen molar-refractivity contribution >= 4 is 5.84 Å². The average Bonchev–Trinajstić information content (AvgIpc) is 2.87. The summed E-state index contributed by atoms with van der Waals surface area (Å²) in [5, 5.41) is 11.6. The van der Waals surface area contributed by atoms with E-state index in [4.69, 9.17) is 10.9 Å². The van der Waals surface area contributed by atoms with Gasteiger partial charge in [0, 0.05) is 25.2 Å². The van der Waals surface area contributed by atoms with E-state index in [0.717, 1.165) is 18.7 Å². The molecule has 5 heteroatoms. The molecule has 0 aromatic heterocycles. The van der Waals surface area contributed by atoms with E-state index in [2.05, 4.69) is 22.2 Å². The SMILES string of the molecule is N/C(=N/O)c1cc(F)cc(CN2Cc3ccccc3C2)c1. The minimum Gasteiger partial charge on any atom is -0.409 e. The van der Waals surface area contributed by atoms with Crippen LogP contribution in [0.2, 0.25) is 0 Å². The van der Waals surface area contributed by atoms with Crippen molar-refractivity contribution in [3.8, 4) is 0 Å². The molecule has 0 amide bonds. The Morgan fingerprint density at radius 2 is 1.86 bits per heavy atom. The summed E-state index contributed by atoms with van der Waals surface area (Å²) >= 11 is 0. The number of hydrogen-bond donors (Lipinski definition) is 2. The zero-order chi connectivity index (χ0) is 14.8. The van der Waals surface area contributed by atoms with E-state index >= 15 is 0 Å². The summed E-state index contributed by atoms with van der Waals surface area (Å²) < 4.78 is 13.7. The third-order valence-corrected chi connectivity index (χ3v) is 3.67. The summed E-state index contributed by atoms with van der Waals surface area (Å²) in [6, 6.07) is 12.8. The van der Waals surface area contributed by atoms with Gasteiger partial charge in [0.25, 0.3) is 0 Å². The van der Waals surface area contributed by atoms with Gasteiger partial charge in [0.05, 0.1) is 0 Å². The van der Waals surface area contributed by atoms with E-state index < -0.39 is 0 Å². The number of rotatable bonds is 3. The third kappa shape index (κ3) is 2.87. The molecule has 0 aliphatic carbocycles. The smallest absolute Gasteiger partial charge is 0.170 e. The van der Waals surface area contributed by atoms with Crippen LogP contribution in [0.15, 0.2) is 47.6 Å². The summed E-state index contributed by atoms with van der Waals surface area (Å²) in [4.78, 5) is 2.23. The number of benzene rings is 2. The molecule has 3 N–H and O–H groups in total. The molecular formula is C16H16FN3O. The number of fused-ring (bicyclic) bond motifs is 1. The lowest BCUT2D eigenvalue weighted by Crippen LogP contribution is -2.18. The fraction of sp³-hybridized carbons (Fsp3) is 0.188. The second-order valence-corrected chi connectivity index (χ2v) is 5.25. The zero-order valence-corrected chi connectivity index (χ0v) is 11.5. The van der Waals surface area contributed by atoms with Crippen LogP contribution >= 0.6 is 0 Å². The molecule has 0 radical (unpaired) electrons. The predicted octanol–water partition coefficient (Wildman–Crippen LogP) is 2.44. The Morgan fingerprint density at radius 1 is 1.19 bits per heavy atom. The average molecular weight is 285 g/mol. The lowest BCUT2D eigenvalue weighted by molar-refractivity contribution is 0.275. The van der Waals surface area contributed by atoms with Crippen LogP contribution in [0.25, 0.3) is 0 Å². The second-order valence-electron chi connectivity index (χ2n) is 5.25. The topological polar surface area (TPSA) is 61.9 Å². The van der Waals surface area contributed by atoms with E-state index in [1.54, 1.807) is 6.07 Å². The Bertz CT molecular complexity index is 675. The van der Waals surface area contributed by atoms with Crippen molar-refractivity contribution in [2.24, 2.45) is 10.9 Å². The molecule has 1 aliphatic rings. The maximum Gasteiger partial charge on any atom is 0.170 e. The molecule has 0 fully saturated rings. The van der Waals surface area contributed by atoms with Crippen LogP contribution in [0.4, 0.5) is 4.39 Å². The van der Waals surface area contributed by atoms with Crippen LogP contribution in [-0.2, 0) is 19.6 Å². The third-order valence-electron chi connectivity index (χ3n) is 3.67. The first kappa shape index (κ1) is 13.6. The highest BCUT2D eigenvalue weighted by Crippen LogP contribution is 2.24. The molecule has 4 nitrogen and oxygen atoms in total. The Labute approximate surface area is 122 Å². The van der Waals surface area contributed by atoms with Gasteiger partial charge in [0.15, 0.2) is 5.84 Å². The van der Waals surface area contributed by atoms with Gasteiger partial charge < -0.3 is 10.9 Å². The minimum absolute atomic E-state index is 0.0829. The van der Waals surface area contributed by atoms with Gasteiger partial charge in [-0.25, -0.2) is 4.39 Å². The molecule has 1 aliphatic heterocycles. The molecule has 0 atom stereocenters. The monoisotopic (exact) mass is 285 g/mol. The normalized spacial score (nSPS) is 15.2. The Balaban J connectivity index is 1.79. The lowest BCUT2D eigenvalue weighted by atomic mass is 10.1. The van der Waals surface area contributed by atoms with E-state index in [-0.39, 0.29) is 11.7 Å². The number of oxime groups is 1. The van der Waals surface area contributed by atoms with Crippen molar-refractivity contribution in [3.05, 3.63) is 70.5 Å². The second kappa shape index (κ2) is 5.54.